The van der Waals surface area contributed by atoms with Crippen LogP contribution in [-0.4, -0.2) is 44.2 Å². The van der Waals surface area contributed by atoms with Crippen LogP contribution in [0.5, 0.6) is 5.75 Å². The molecule has 1 aliphatic rings. The van der Waals surface area contributed by atoms with Crippen molar-refractivity contribution in [2.24, 2.45) is 0 Å². The Morgan fingerprint density at radius 1 is 1.39 bits per heavy atom. The number of benzene rings is 1. The highest BCUT2D eigenvalue weighted by molar-refractivity contribution is 5.27. The fourth-order valence-electron chi connectivity index (χ4n) is 2.65. The van der Waals surface area contributed by atoms with Gasteiger partial charge in [-0.2, -0.15) is 0 Å². The monoisotopic (exact) mass is 248 g/mol. The van der Waals surface area contributed by atoms with Gasteiger partial charge in [-0.15, -0.1) is 0 Å². The van der Waals surface area contributed by atoms with Gasteiger partial charge in [-0.05, 0) is 51.1 Å². The van der Waals surface area contributed by atoms with Gasteiger partial charge < -0.3 is 15.0 Å². The third kappa shape index (κ3) is 3.72. The third-order valence-corrected chi connectivity index (χ3v) is 3.61. The zero-order valence-electron chi connectivity index (χ0n) is 11.6. The Balaban J connectivity index is 1.80. The van der Waals surface area contributed by atoms with Gasteiger partial charge in [-0.25, -0.2) is 0 Å². The molecule has 0 bridgehead atoms. The van der Waals surface area contributed by atoms with Crippen LogP contribution < -0.4 is 10.1 Å². The van der Waals surface area contributed by atoms with E-state index in [1.54, 1.807) is 7.11 Å². The molecule has 0 radical (unpaired) electrons. The van der Waals surface area contributed by atoms with Gasteiger partial charge in [0.1, 0.15) is 5.75 Å². The van der Waals surface area contributed by atoms with Crippen molar-refractivity contribution < 1.29 is 4.74 Å². The largest absolute Gasteiger partial charge is 0.497 e. The summed E-state index contributed by atoms with van der Waals surface area (Å²) < 4.78 is 5.17. The molecule has 1 aromatic carbocycles. The Morgan fingerprint density at radius 2 is 2.11 bits per heavy atom. The zero-order valence-corrected chi connectivity index (χ0v) is 11.6. The normalized spacial score (nSPS) is 22.1. The minimum absolute atomic E-state index is 0.523. The summed E-state index contributed by atoms with van der Waals surface area (Å²) >= 11 is 0. The van der Waals surface area contributed by atoms with Crippen LogP contribution in [0.4, 0.5) is 0 Å². The molecule has 18 heavy (non-hydrogen) atoms. The Morgan fingerprint density at radius 3 is 2.67 bits per heavy atom. The molecule has 1 aliphatic heterocycles. The highest BCUT2D eigenvalue weighted by Crippen LogP contribution is 2.13. The van der Waals surface area contributed by atoms with Crippen molar-refractivity contribution in [1.82, 2.24) is 10.2 Å². The summed E-state index contributed by atoms with van der Waals surface area (Å²) in [6.07, 6.45) is 2.34. The van der Waals surface area contributed by atoms with Gasteiger partial charge in [-0.3, -0.25) is 0 Å². The van der Waals surface area contributed by atoms with E-state index >= 15 is 0 Å². The van der Waals surface area contributed by atoms with E-state index in [9.17, 15) is 0 Å². The summed E-state index contributed by atoms with van der Waals surface area (Å²) in [5.74, 6) is 0.928. The number of hydrogen-bond donors (Lipinski definition) is 1. The van der Waals surface area contributed by atoms with Crippen molar-refractivity contribution in [2.45, 2.75) is 31.8 Å². The second kappa shape index (κ2) is 6.21. The van der Waals surface area contributed by atoms with Gasteiger partial charge in [0.05, 0.1) is 7.11 Å². The van der Waals surface area contributed by atoms with Gasteiger partial charge >= 0.3 is 0 Å². The number of likely N-dealkylation sites (N-methyl/N-ethyl adjacent to an activating group) is 1. The average Bonchev–Trinajstić information content (AvgIpc) is 2.75. The second-order valence-corrected chi connectivity index (χ2v) is 5.37. The molecule has 1 aromatic rings. The van der Waals surface area contributed by atoms with Gasteiger partial charge in [0.25, 0.3) is 0 Å². The fourth-order valence-corrected chi connectivity index (χ4v) is 2.65. The molecule has 1 saturated heterocycles. The zero-order chi connectivity index (χ0) is 13.0. The SMILES string of the molecule is COc1ccc(CC(C)NC2CCN(C)C2)cc1. The first-order valence-corrected chi connectivity index (χ1v) is 6.75. The van der Waals surface area contributed by atoms with Crippen molar-refractivity contribution in [3.8, 4) is 5.75 Å². The van der Waals surface area contributed by atoms with E-state index in [0.717, 1.165) is 12.2 Å². The topological polar surface area (TPSA) is 24.5 Å². The Bertz CT molecular complexity index is 363. The highest BCUT2D eigenvalue weighted by atomic mass is 16.5. The Kier molecular flexibility index (Phi) is 4.61. The summed E-state index contributed by atoms with van der Waals surface area (Å²) in [5, 5.41) is 3.71. The maximum atomic E-state index is 5.17. The molecule has 3 nitrogen and oxygen atoms in total. The van der Waals surface area contributed by atoms with Crippen LogP contribution in [0.3, 0.4) is 0 Å². The van der Waals surface area contributed by atoms with E-state index in [1.165, 1.54) is 25.1 Å². The summed E-state index contributed by atoms with van der Waals surface area (Å²) in [5.41, 5.74) is 1.36. The van der Waals surface area contributed by atoms with E-state index in [0.29, 0.717) is 12.1 Å². The standard InChI is InChI=1S/C15H24N2O/c1-12(16-14-8-9-17(2)11-14)10-13-4-6-15(18-3)7-5-13/h4-7,12,14,16H,8-11H2,1-3H3. The van der Waals surface area contributed by atoms with Gasteiger partial charge in [0.15, 0.2) is 0 Å². The number of hydrogen-bond acceptors (Lipinski definition) is 3. The van der Waals surface area contributed by atoms with Gasteiger partial charge in [0.2, 0.25) is 0 Å². The highest BCUT2D eigenvalue weighted by Gasteiger charge is 2.20. The van der Waals surface area contributed by atoms with E-state index in [4.69, 9.17) is 4.74 Å². The molecule has 1 N–H and O–H groups in total. The first-order valence-electron chi connectivity index (χ1n) is 6.75. The van der Waals surface area contributed by atoms with Crippen LogP contribution in [-0.2, 0) is 6.42 Å². The first kappa shape index (κ1) is 13.4. The second-order valence-electron chi connectivity index (χ2n) is 5.37. The van der Waals surface area contributed by atoms with Crippen molar-refractivity contribution in [2.75, 3.05) is 27.2 Å². The van der Waals surface area contributed by atoms with Crippen LogP contribution in [0.2, 0.25) is 0 Å². The summed E-state index contributed by atoms with van der Waals surface area (Å²) in [7, 11) is 3.89. The molecule has 0 spiro atoms. The molecule has 1 heterocycles. The fraction of sp³-hybridized carbons (Fsp3) is 0.600. The Hall–Kier alpha value is -1.06. The number of nitrogens with zero attached hydrogens (tertiary/aromatic N) is 1. The van der Waals surface area contributed by atoms with Crippen molar-refractivity contribution in [3.05, 3.63) is 29.8 Å². The number of rotatable bonds is 5. The van der Waals surface area contributed by atoms with E-state index in [-0.39, 0.29) is 0 Å². The number of methoxy groups -OCH3 is 1. The number of likely N-dealkylation sites (tertiary alicyclic amines) is 1. The molecule has 3 heteroatoms. The molecule has 0 aromatic heterocycles. The molecule has 0 saturated carbocycles. The molecule has 1 fully saturated rings. The minimum atomic E-state index is 0.523. The van der Waals surface area contributed by atoms with Crippen molar-refractivity contribution >= 4 is 0 Å². The maximum Gasteiger partial charge on any atom is 0.118 e. The van der Waals surface area contributed by atoms with Crippen molar-refractivity contribution in [1.29, 1.82) is 0 Å². The van der Waals surface area contributed by atoms with Crippen LogP contribution in [0, 0.1) is 0 Å². The van der Waals surface area contributed by atoms with Gasteiger partial charge in [0, 0.05) is 18.6 Å². The van der Waals surface area contributed by atoms with Crippen LogP contribution >= 0.6 is 0 Å². The van der Waals surface area contributed by atoms with E-state index in [2.05, 4.69) is 36.3 Å². The molecule has 2 atom stereocenters. The molecule has 0 aliphatic carbocycles. The lowest BCUT2D eigenvalue weighted by molar-refractivity contribution is 0.384. The first-order chi connectivity index (χ1) is 8.67. The van der Waals surface area contributed by atoms with Gasteiger partial charge in [-0.1, -0.05) is 12.1 Å². The van der Waals surface area contributed by atoms with Crippen molar-refractivity contribution in [3.63, 3.8) is 0 Å². The quantitative estimate of drug-likeness (QED) is 0.861. The van der Waals surface area contributed by atoms with Crippen LogP contribution in [0.25, 0.3) is 0 Å². The third-order valence-electron chi connectivity index (χ3n) is 3.61. The summed E-state index contributed by atoms with van der Waals surface area (Å²) in [4.78, 5) is 2.39. The number of nitrogens with one attached hydrogen (secondary N) is 1. The molecule has 2 unspecified atom stereocenters. The predicted molar refractivity (Wildman–Crippen MR) is 75.2 cm³/mol. The molecule has 100 valence electrons. The van der Waals surface area contributed by atoms with Crippen LogP contribution in [0.1, 0.15) is 18.9 Å². The lowest BCUT2D eigenvalue weighted by Crippen LogP contribution is -2.39. The summed E-state index contributed by atoms with van der Waals surface area (Å²) in [6, 6.07) is 9.55. The van der Waals surface area contributed by atoms with Crippen LogP contribution in [0.15, 0.2) is 24.3 Å². The summed E-state index contributed by atoms with van der Waals surface area (Å²) in [6.45, 7) is 4.66. The average molecular weight is 248 g/mol. The smallest absolute Gasteiger partial charge is 0.118 e. The Labute approximate surface area is 110 Å². The minimum Gasteiger partial charge on any atom is -0.497 e. The van der Waals surface area contributed by atoms with E-state index < -0.39 is 0 Å². The molecule has 2 rings (SSSR count). The molecule has 0 amide bonds. The predicted octanol–water partition coefficient (Wildman–Crippen LogP) is 1.92. The lowest BCUT2D eigenvalue weighted by atomic mass is 10.1. The van der Waals surface area contributed by atoms with E-state index in [1.807, 2.05) is 12.1 Å². The lowest BCUT2D eigenvalue weighted by Gasteiger charge is -2.19. The maximum absolute atomic E-state index is 5.17. The molecular formula is C15H24N2O. The number of ether oxygens (including phenoxy) is 1. The molecular weight excluding hydrogens is 224 g/mol.